The molecule has 0 saturated carbocycles. The quantitative estimate of drug-likeness (QED) is 0.334. The zero-order valence-corrected chi connectivity index (χ0v) is 15.1. The number of rotatable bonds is 2. The van der Waals surface area contributed by atoms with Crippen LogP contribution in [-0.4, -0.2) is 6.26 Å². The number of fused-ring (bicyclic) bond motifs is 2. The smallest absolute Gasteiger partial charge is 0.0254 e. The van der Waals surface area contributed by atoms with E-state index in [1.54, 1.807) is 11.8 Å². The largest absolute Gasteiger partial charge is 0.129 e. The molecule has 4 aromatic carbocycles. The van der Waals surface area contributed by atoms with Gasteiger partial charge in [-0.2, -0.15) is 0 Å². The molecular formula is C21H15BrS. The fourth-order valence-corrected chi connectivity index (χ4v) is 4.29. The lowest BCUT2D eigenvalue weighted by Gasteiger charge is -2.15. The molecule has 0 aliphatic rings. The summed E-state index contributed by atoms with van der Waals surface area (Å²) in [7, 11) is 0. The first-order valence-corrected chi connectivity index (χ1v) is 9.55. The summed E-state index contributed by atoms with van der Waals surface area (Å²) in [5.74, 6) is 0. The van der Waals surface area contributed by atoms with Gasteiger partial charge in [0.15, 0.2) is 0 Å². The fourth-order valence-electron chi connectivity index (χ4n) is 3.18. The Morgan fingerprint density at radius 3 is 2.17 bits per heavy atom. The first kappa shape index (κ1) is 14.8. The Bertz CT molecular complexity index is 1020. The van der Waals surface area contributed by atoms with Crippen molar-refractivity contribution in [1.82, 2.24) is 0 Å². The number of thioether (sulfide) groups is 1. The highest BCUT2D eigenvalue weighted by molar-refractivity contribution is 9.10. The Hall–Kier alpha value is -1.77. The summed E-state index contributed by atoms with van der Waals surface area (Å²) in [5, 5.41) is 5.14. The third-order valence-electron chi connectivity index (χ3n) is 4.25. The molecule has 4 rings (SSSR count). The van der Waals surface area contributed by atoms with Crippen LogP contribution < -0.4 is 0 Å². The Balaban J connectivity index is 2.17. The molecule has 0 heterocycles. The third-order valence-corrected chi connectivity index (χ3v) is 5.72. The van der Waals surface area contributed by atoms with Gasteiger partial charge in [0.05, 0.1) is 0 Å². The van der Waals surface area contributed by atoms with Gasteiger partial charge in [0.2, 0.25) is 0 Å². The highest BCUT2D eigenvalue weighted by Gasteiger charge is 2.13. The molecule has 23 heavy (non-hydrogen) atoms. The van der Waals surface area contributed by atoms with Crippen LogP contribution in [0.25, 0.3) is 32.7 Å². The van der Waals surface area contributed by atoms with Gasteiger partial charge >= 0.3 is 0 Å². The van der Waals surface area contributed by atoms with Crippen LogP contribution in [0.1, 0.15) is 0 Å². The van der Waals surface area contributed by atoms with Crippen LogP contribution in [0.3, 0.4) is 0 Å². The molecule has 0 saturated heterocycles. The second-order valence-electron chi connectivity index (χ2n) is 5.50. The molecule has 0 aromatic heterocycles. The van der Waals surface area contributed by atoms with Gasteiger partial charge in [0.1, 0.15) is 0 Å². The van der Waals surface area contributed by atoms with Crippen molar-refractivity contribution in [1.29, 1.82) is 0 Å². The summed E-state index contributed by atoms with van der Waals surface area (Å²) in [6.07, 6.45) is 2.15. The summed E-state index contributed by atoms with van der Waals surface area (Å²) in [5.41, 5.74) is 2.63. The van der Waals surface area contributed by atoms with E-state index in [2.05, 4.69) is 95.0 Å². The van der Waals surface area contributed by atoms with Crippen LogP contribution in [0.5, 0.6) is 0 Å². The van der Waals surface area contributed by atoms with Gasteiger partial charge in [0.25, 0.3) is 0 Å². The average Bonchev–Trinajstić information content (AvgIpc) is 2.62. The molecule has 0 fully saturated rings. The molecule has 0 unspecified atom stereocenters. The molecule has 0 amide bonds. The van der Waals surface area contributed by atoms with Gasteiger partial charge in [0, 0.05) is 14.9 Å². The minimum atomic E-state index is 1.14. The molecule has 0 radical (unpaired) electrons. The predicted octanol–water partition coefficient (Wildman–Crippen LogP) is 7.14. The van der Waals surface area contributed by atoms with Crippen LogP contribution >= 0.6 is 27.7 Å². The van der Waals surface area contributed by atoms with Crippen LogP contribution in [0, 0.1) is 0 Å². The molecule has 2 heteroatoms. The van der Waals surface area contributed by atoms with E-state index < -0.39 is 0 Å². The molecular weight excluding hydrogens is 364 g/mol. The van der Waals surface area contributed by atoms with Gasteiger partial charge in [-0.25, -0.2) is 0 Å². The summed E-state index contributed by atoms with van der Waals surface area (Å²) in [6.45, 7) is 0. The van der Waals surface area contributed by atoms with Crippen LogP contribution in [0.4, 0.5) is 0 Å². The summed E-state index contributed by atoms with van der Waals surface area (Å²) in [6, 6.07) is 26.1. The van der Waals surface area contributed by atoms with Crippen molar-refractivity contribution in [2.75, 3.05) is 6.26 Å². The lowest BCUT2D eigenvalue weighted by Crippen LogP contribution is -1.88. The third kappa shape index (κ3) is 2.46. The van der Waals surface area contributed by atoms with E-state index in [0.29, 0.717) is 0 Å². The van der Waals surface area contributed by atoms with E-state index >= 15 is 0 Å². The van der Waals surface area contributed by atoms with Gasteiger partial charge < -0.3 is 0 Å². The number of hydrogen-bond acceptors (Lipinski definition) is 1. The van der Waals surface area contributed by atoms with Gasteiger partial charge in [-0.15, -0.1) is 11.8 Å². The molecule has 112 valence electrons. The van der Waals surface area contributed by atoms with Crippen LogP contribution in [0.2, 0.25) is 0 Å². The first-order valence-electron chi connectivity index (χ1n) is 7.53. The molecule has 0 bridgehead atoms. The van der Waals surface area contributed by atoms with Crippen LogP contribution in [0.15, 0.2) is 82.2 Å². The number of hydrogen-bond donors (Lipinski definition) is 0. The molecule has 0 nitrogen and oxygen atoms in total. The zero-order valence-electron chi connectivity index (χ0n) is 12.7. The summed E-state index contributed by atoms with van der Waals surface area (Å²) in [4.78, 5) is 1.32. The first-order chi connectivity index (χ1) is 11.3. The normalized spacial score (nSPS) is 11.2. The van der Waals surface area contributed by atoms with E-state index in [-0.39, 0.29) is 0 Å². The average molecular weight is 379 g/mol. The van der Waals surface area contributed by atoms with Gasteiger partial charge in [-0.05, 0) is 45.5 Å². The lowest BCUT2D eigenvalue weighted by molar-refractivity contribution is 1.50. The second kappa shape index (κ2) is 6.03. The minimum Gasteiger partial charge on any atom is -0.129 e. The topological polar surface area (TPSA) is 0 Å². The van der Waals surface area contributed by atoms with E-state index in [9.17, 15) is 0 Å². The molecule has 0 N–H and O–H groups in total. The summed E-state index contributed by atoms with van der Waals surface area (Å²) >= 11 is 5.49. The fraction of sp³-hybridized carbons (Fsp3) is 0.0476. The van der Waals surface area contributed by atoms with E-state index in [0.717, 1.165) is 4.47 Å². The van der Waals surface area contributed by atoms with Crippen LogP contribution in [-0.2, 0) is 0 Å². The van der Waals surface area contributed by atoms with Crippen molar-refractivity contribution in [3.05, 3.63) is 77.3 Å². The Morgan fingerprint density at radius 1 is 0.696 bits per heavy atom. The predicted molar refractivity (Wildman–Crippen MR) is 106 cm³/mol. The standard InChI is InChI=1S/C21H15BrS/c1-23-20-13-10-14-6-2-3-7-15(14)21(20)18-11-12-19(22)17-9-5-4-8-16(17)18/h2-13H,1H3. The molecule has 4 aromatic rings. The van der Waals surface area contributed by atoms with Crippen molar-refractivity contribution in [2.24, 2.45) is 0 Å². The summed E-state index contributed by atoms with van der Waals surface area (Å²) < 4.78 is 1.14. The monoisotopic (exact) mass is 378 g/mol. The van der Waals surface area contributed by atoms with Crippen molar-refractivity contribution >= 4 is 49.2 Å². The molecule has 0 spiro atoms. The van der Waals surface area contributed by atoms with Crippen molar-refractivity contribution in [2.45, 2.75) is 4.90 Å². The highest BCUT2D eigenvalue weighted by Crippen LogP contribution is 2.41. The Morgan fingerprint density at radius 2 is 1.39 bits per heavy atom. The van der Waals surface area contributed by atoms with Gasteiger partial charge in [-0.1, -0.05) is 76.6 Å². The number of benzene rings is 4. The highest BCUT2D eigenvalue weighted by atomic mass is 79.9. The van der Waals surface area contributed by atoms with E-state index in [1.807, 2.05) is 0 Å². The second-order valence-corrected chi connectivity index (χ2v) is 7.21. The SMILES string of the molecule is CSc1ccc2ccccc2c1-c1ccc(Br)c2ccccc12. The van der Waals surface area contributed by atoms with E-state index in [4.69, 9.17) is 0 Å². The number of halogens is 1. The van der Waals surface area contributed by atoms with Crippen molar-refractivity contribution in [3.8, 4) is 11.1 Å². The Labute approximate surface area is 148 Å². The molecule has 0 aliphatic heterocycles. The zero-order chi connectivity index (χ0) is 15.8. The van der Waals surface area contributed by atoms with E-state index in [1.165, 1.54) is 37.6 Å². The lowest BCUT2D eigenvalue weighted by atomic mass is 9.94. The van der Waals surface area contributed by atoms with Crippen molar-refractivity contribution in [3.63, 3.8) is 0 Å². The maximum absolute atomic E-state index is 3.68. The maximum Gasteiger partial charge on any atom is 0.0254 e. The molecule has 0 atom stereocenters. The maximum atomic E-state index is 3.68. The van der Waals surface area contributed by atoms with Gasteiger partial charge in [-0.3, -0.25) is 0 Å². The van der Waals surface area contributed by atoms with Crippen molar-refractivity contribution < 1.29 is 0 Å². The minimum absolute atomic E-state index is 1.14. The molecule has 0 aliphatic carbocycles. The Kier molecular flexibility index (Phi) is 3.88.